The molecule has 0 bridgehead atoms. The average molecular weight is 401 g/mol. The number of amides is 1. The average Bonchev–Trinajstić information content (AvgIpc) is 3.16. The number of para-hydroxylation sites is 2. The molecule has 138 valence electrons. The first-order valence-electron chi connectivity index (χ1n) is 8.45. The van der Waals surface area contributed by atoms with Crippen molar-refractivity contribution in [3.8, 4) is 11.4 Å². The number of fused-ring (bicyclic) bond motifs is 1. The molecule has 2 aromatic carbocycles. The van der Waals surface area contributed by atoms with E-state index in [-0.39, 0.29) is 11.7 Å². The van der Waals surface area contributed by atoms with Gasteiger partial charge in [0, 0.05) is 5.02 Å². The number of thioether (sulfide) groups is 1. The van der Waals surface area contributed by atoms with Crippen molar-refractivity contribution in [2.75, 3.05) is 23.8 Å². The summed E-state index contributed by atoms with van der Waals surface area (Å²) < 4.78 is 7.44. The molecule has 0 N–H and O–H groups in total. The Morgan fingerprint density at radius 1 is 1.30 bits per heavy atom. The van der Waals surface area contributed by atoms with Crippen LogP contribution >= 0.6 is 23.4 Å². The van der Waals surface area contributed by atoms with Gasteiger partial charge in [0.1, 0.15) is 18.7 Å². The molecule has 0 saturated heterocycles. The molecule has 8 heteroatoms. The summed E-state index contributed by atoms with van der Waals surface area (Å²) in [6.07, 6.45) is 1.62. The number of carbonyl (C=O) groups excluding carboxylic acids is 1. The molecule has 4 rings (SSSR count). The second-order valence-corrected chi connectivity index (χ2v) is 7.42. The first kappa shape index (κ1) is 17.9. The van der Waals surface area contributed by atoms with Crippen molar-refractivity contribution in [1.29, 1.82) is 0 Å². The third kappa shape index (κ3) is 3.65. The number of nitrogens with zero attached hydrogens (tertiary/aromatic N) is 4. The van der Waals surface area contributed by atoms with Gasteiger partial charge in [0.2, 0.25) is 5.91 Å². The highest BCUT2D eigenvalue weighted by Gasteiger charge is 2.23. The summed E-state index contributed by atoms with van der Waals surface area (Å²) in [5.74, 6) is 0.999. The molecule has 27 heavy (non-hydrogen) atoms. The monoisotopic (exact) mass is 400 g/mol. The fourth-order valence-corrected chi connectivity index (χ4v) is 3.84. The number of hydrogen-bond acceptors (Lipinski definition) is 5. The van der Waals surface area contributed by atoms with Gasteiger partial charge in [-0.3, -0.25) is 9.36 Å². The minimum absolute atomic E-state index is 0.00670. The van der Waals surface area contributed by atoms with E-state index in [1.807, 2.05) is 54.0 Å². The van der Waals surface area contributed by atoms with E-state index in [1.165, 1.54) is 11.8 Å². The Morgan fingerprint density at radius 2 is 2.15 bits per heavy atom. The Morgan fingerprint density at radius 3 is 3.00 bits per heavy atom. The molecular formula is C19H17ClN4O2S. The van der Waals surface area contributed by atoms with Crippen LogP contribution in [-0.4, -0.2) is 39.6 Å². The van der Waals surface area contributed by atoms with Crippen LogP contribution in [0.4, 0.5) is 5.69 Å². The molecule has 0 unspecified atom stereocenters. The van der Waals surface area contributed by atoms with Crippen LogP contribution in [0.3, 0.4) is 0 Å². The topological polar surface area (TPSA) is 60.2 Å². The molecule has 1 aliphatic rings. The Balaban J connectivity index is 1.50. The molecule has 0 atom stereocenters. The smallest absolute Gasteiger partial charge is 0.237 e. The van der Waals surface area contributed by atoms with Crippen LogP contribution in [-0.2, 0) is 4.79 Å². The number of benzene rings is 2. The summed E-state index contributed by atoms with van der Waals surface area (Å²) in [6, 6.07) is 13.3. The van der Waals surface area contributed by atoms with Crippen molar-refractivity contribution in [3.05, 3.63) is 59.4 Å². The normalized spacial score (nSPS) is 13.2. The molecular weight excluding hydrogens is 384 g/mol. The number of anilines is 1. The van der Waals surface area contributed by atoms with Crippen molar-refractivity contribution in [2.24, 2.45) is 0 Å². The molecule has 0 fully saturated rings. The molecule has 1 amide bonds. The van der Waals surface area contributed by atoms with E-state index in [4.69, 9.17) is 16.3 Å². The number of hydrogen-bond donors (Lipinski definition) is 0. The van der Waals surface area contributed by atoms with Crippen LogP contribution < -0.4 is 9.64 Å². The van der Waals surface area contributed by atoms with Gasteiger partial charge in [0.15, 0.2) is 5.16 Å². The Bertz CT molecular complexity index is 991. The molecule has 3 aromatic rings. The van der Waals surface area contributed by atoms with Crippen molar-refractivity contribution in [3.63, 3.8) is 0 Å². The van der Waals surface area contributed by atoms with Crippen LogP contribution in [0.2, 0.25) is 5.02 Å². The van der Waals surface area contributed by atoms with Gasteiger partial charge in [-0.05, 0) is 36.8 Å². The summed E-state index contributed by atoms with van der Waals surface area (Å²) in [5, 5.41) is 9.45. The van der Waals surface area contributed by atoms with Crippen molar-refractivity contribution >= 4 is 35.0 Å². The Hall–Kier alpha value is -2.51. The molecule has 0 spiro atoms. The van der Waals surface area contributed by atoms with E-state index in [1.54, 1.807) is 11.2 Å². The fourth-order valence-electron chi connectivity index (χ4n) is 2.86. The number of rotatable bonds is 4. The summed E-state index contributed by atoms with van der Waals surface area (Å²) >= 11 is 7.58. The van der Waals surface area contributed by atoms with E-state index < -0.39 is 0 Å². The van der Waals surface area contributed by atoms with Gasteiger partial charge in [0.05, 0.1) is 23.7 Å². The first-order chi connectivity index (χ1) is 13.1. The minimum Gasteiger partial charge on any atom is -0.490 e. The largest absolute Gasteiger partial charge is 0.490 e. The lowest BCUT2D eigenvalue weighted by Gasteiger charge is -2.29. The van der Waals surface area contributed by atoms with E-state index in [2.05, 4.69) is 10.2 Å². The Labute approximate surface area is 166 Å². The van der Waals surface area contributed by atoms with E-state index in [9.17, 15) is 4.79 Å². The molecule has 0 saturated carbocycles. The summed E-state index contributed by atoms with van der Waals surface area (Å²) in [5.41, 5.74) is 2.67. The lowest BCUT2D eigenvalue weighted by molar-refractivity contribution is -0.116. The van der Waals surface area contributed by atoms with Gasteiger partial charge < -0.3 is 9.64 Å². The van der Waals surface area contributed by atoms with Gasteiger partial charge in [-0.15, -0.1) is 10.2 Å². The zero-order chi connectivity index (χ0) is 18.8. The summed E-state index contributed by atoms with van der Waals surface area (Å²) in [7, 11) is 0. The summed E-state index contributed by atoms with van der Waals surface area (Å²) in [6.45, 7) is 2.98. The van der Waals surface area contributed by atoms with Gasteiger partial charge in [-0.1, -0.05) is 41.6 Å². The lowest BCUT2D eigenvalue weighted by atomic mass is 10.2. The van der Waals surface area contributed by atoms with Gasteiger partial charge >= 0.3 is 0 Å². The highest BCUT2D eigenvalue weighted by molar-refractivity contribution is 7.99. The second-order valence-electron chi connectivity index (χ2n) is 6.07. The predicted molar refractivity (Wildman–Crippen MR) is 106 cm³/mol. The fraction of sp³-hybridized carbons (Fsp3) is 0.211. The number of aryl methyl sites for hydroxylation is 1. The van der Waals surface area contributed by atoms with Crippen LogP contribution in [0.5, 0.6) is 5.75 Å². The molecule has 1 aromatic heterocycles. The summed E-state index contributed by atoms with van der Waals surface area (Å²) in [4.78, 5) is 14.5. The quantitative estimate of drug-likeness (QED) is 0.624. The molecule has 1 aliphatic heterocycles. The van der Waals surface area contributed by atoms with E-state index in [0.717, 1.165) is 22.7 Å². The van der Waals surface area contributed by atoms with Gasteiger partial charge in [-0.25, -0.2) is 0 Å². The maximum absolute atomic E-state index is 12.8. The second kappa shape index (κ2) is 7.62. The van der Waals surface area contributed by atoms with E-state index in [0.29, 0.717) is 23.3 Å². The molecule has 0 radical (unpaired) electrons. The number of carbonyl (C=O) groups is 1. The third-order valence-corrected chi connectivity index (χ3v) is 5.64. The van der Waals surface area contributed by atoms with Gasteiger partial charge in [0.25, 0.3) is 0 Å². The molecule has 0 aliphatic carbocycles. The first-order valence-corrected chi connectivity index (χ1v) is 9.81. The van der Waals surface area contributed by atoms with Crippen LogP contribution in [0.25, 0.3) is 5.69 Å². The number of halogens is 1. The lowest BCUT2D eigenvalue weighted by Crippen LogP contribution is -2.39. The predicted octanol–water partition coefficient (Wildman–Crippen LogP) is 3.75. The van der Waals surface area contributed by atoms with Crippen LogP contribution in [0.15, 0.2) is 53.9 Å². The van der Waals surface area contributed by atoms with Crippen molar-refractivity contribution in [2.45, 2.75) is 12.1 Å². The maximum atomic E-state index is 12.8. The SMILES string of the molecule is Cc1ccc(-n2cnnc2SCC(=O)N2CCOc3ccccc32)cc1Cl. The zero-order valence-corrected chi connectivity index (χ0v) is 16.2. The number of ether oxygens (including phenoxy) is 1. The van der Waals surface area contributed by atoms with Crippen molar-refractivity contribution in [1.82, 2.24) is 14.8 Å². The minimum atomic E-state index is 0.00670. The molecule has 6 nitrogen and oxygen atoms in total. The van der Waals surface area contributed by atoms with Crippen LogP contribution in [0.1, 0.15) is 5.56 Å². The highest BCUT2D eigenvalue weighted by Crippen LogP contribution is 2.32. The number of aromatic nitrogens is 3. The standard InChI is InChI=1S/C19H17ClN4O2S/c1-13-6-7-14(10-15(13)20)24-12-21-22-19(24)27-11-18(25)23-8-9-26-17-5-3-2-4-16(17)23/h2-7,10,12H,8-9,11H2,1H3. The maximum Gasteiger partial charge on any atom is 0.237 e. The van der Waals surface area contributed by atoms with E-state index >= 15 is 0 Å². The third-order valence-electron chi connectivity index (χ3n) is 4.30. The Kier molecular flexibility index (Phi) is 5.05. The molecule has 2 heterocycles. The van der Waals surface area contributed by atoms with Crippen LogP contribution in [0, 0.1) is 6.92 Å². The highest BCUT2D eigenvalue weighted by atomic mass is 35.5. The zero-order valence-electron chi connectivity index (χ0n) is 14.6. The van der Waals surface area contributed by atoms with Gasteiger partial charge in [-0.2, -0.15) is 0 Å². The van der Waals surface area contributed by atoms with Crippen molar-refractivity contribution < 1.29 is 9.53 Å².